The molecule has 0 radical (unpaired) electrons. The van der Waals surface area contributed by atoms with Crippen molar-refractivity contribution in [3.63, 3.8) is 0 Å². The number of fused-ring (bicyclic) bond motifs is 7. The smallest absolute Gasteiger partial charge is 0.223 e. The van der Waals surface area contributed by atoms with Crippen molar-refractivity contribution in [1.29, 1.82) is 5.26 Å². The minimum Gasteiger partial charge on any atom is -0.340 e. The van der Waals surface area contributed by atoms with Crippen LogP contribution in [0.4, 0.5) is 0 Å². The molecule has 5 aliphatic carbocycles. The predicted octanol–water partition coefficient (Wildman–Crippen LogP) is 6.70. The highest BCUT2D eigenvalue weighted by Crippen LogP contribution is 2.74. The molecule has 0 saturated heterocycles. The van der Waals surface area contributed by atoms with E-state index in [1.807, 2.05) is 32.9 Å². The Morgan fingerprint density at radius 1 is 1.03 bits per heavy atom. The van der Waals surface area contributed by atoms with Gasteiger partial charge in [-0.15, -0.1) is 0 Å². The van der Waals surface area contributed by atoms with Gasteiger partial charge in [-0.05, 0) is 79.1 Å². The van der Waals surface area contributed by atoms with Gasteiger partial charge in [-0.2, -0.15) is 10.2 Å². The number of rotatable bonds is 1. The molecule has 0 aliphatic heterocycles. The van der Waals surface area contributed by atoms with Crippen LogP contribution in [0, 0.1) is 69.5 Å². The number of carbonyl (C=O) groups excluding carboxylic acids is 2. The van der Waals surface area contributed by atoms with Gasteiger partial charge in [-0.1, -0.05) is 65.3 Å². The van der Waals surface area contributed by atoms with Crippen molar-refractivity contribution in [3.8, 4) is 6.07 Å². The highest BCUT2D eigenvalue weighted by molar-refractivity contribution is 6.04. The van der Waals surface area contributed by atoms with Crippen LogP contribution >= 0.6 is 0 Å². The molecule has 0 amide bonds. The zero-order valence-corrected chi connectivity index (χ0v) is 24.9. The second-order valence-corrected chi connectivity index (χ2v) is 15.0. The largest absolute Gasteiger partial charge is 0.340 e. The quantitative estimate of drug-likeness (QED) is 0.401. The van der Waals surface area contributed by atoms with Crippen LogP contribution in [-0.2, 0) is 15.0 Å². The molecule has 0 bridgehead atoms. The molecule has 0 N–H and O–H groups in total. The number of ketones is 2. The van der Waals surface area contributed by atoms with Gasteiger partial charge in [0, 0.05) is 29.1 Å². The topological polar surface area (TPSA) is 96.8 Å². The summed E-state index contributed by atoms with van der Waals surface area (Å²) in [5, 5.41) is 14.4. The predicted molar refractivity (Wildman–Crippen MR) is 147 cm³/mol. The molecule has 6 rings (SSSR count). The summed E-state index contributed by atoms with van der Waals surface area (Å²) in [4.78, 5) is 32.7. The lowest BCUT2D eigenvalue weighted by Crippen LogP contribution is -2.66. The molecule has 6 nitrogen and oxygen atoms in total. The van der Waals surface area contributed by atoms with Crippen LogP contribution in [0.5, 0.6) is 0 Å². The first-order valence-electron chi connectivity index (χ1n) is 14.9. The molecule has 5 aliphatic rings. The molecular formula is C33H43N3O3. The number of carbonyl (C=O) groups is 2. The van der Waals surface area contributed by atoms with E-state index < -0.39 is 10.8 Å². The normalized spacial score (nSPS) is 46.6. The summed E-state index contributed by atoms with van der Waals surface area (Å²) in [5.41, 5.74) is -0.486. The molecule has 0 spiro atoms. The second kappa shape index (κ2) is 8.02. The SMILES string of the molecule is Cc1nc([C@]23CC[C@@H](C)[C@H](C)[C@H]2[C@H]2C(=O)C=C4[C@@]5(C)C=C(C#N)C(=O)C(C)(C)[C@@H]5CC[C@@]4(C)[C@]2(C)CC3)no1. The Hall–Kier alpha value is -2.55. The Morgan fingerprint density at radius 2 is 1.74 bits per heavy atom. The van der Waals surface area contributed by atoms with Crippen LogP contribution in [-0.4, -0.2) is 21.7 Å². The molecule has 6 heteroatoms. The Balaban J connectivity index is 1.55. The van der Waals surface area contributed by atoms with E-state index in [2.05, 4.69) is 45.8 Å². The molecule has 0 unspecified atom stereocenters. The van der Waals surface area contributed by atoms with Crippen molar-refractivity contribution in [2.75, 3.05) is 0 Å². The first-order valence-corrected chi connectivity index (χ1v) is 14.9. The maximum Gasteiger partial charge on any atom is 0.223 e. The van der Waals surface area contributed by atoms with E-state index in [-0.39, 0.29) is 51.1 Å². The van der Waals surface area contributed by atoms with Crippen LogP contribution in [0.25, 0.3) is 0 Å². The molecule has 1 heterocycles. The molecule has 1 aromatic rings. The monoisotopic (exact) mass is 529 g/mol. The highest BCUT2D eigenvalue weighted by atomic mass is 16.5. The number of nitriles is 1. The second-order valence-electron chi connectivity index (χ2n) is 15.0. The first kappa shape index (κ1) is 26.7. The van der Waals surface area contributed by atoms with Crippen LogP contribution < -0.4 is 0 Å². The molecule has 1 aromatic heterocycles. The zero-order chi connectivity index (χ0) is 28.3. The summed E-state index contributed by atoms with van der Waals surface area (Å²) < 4.78 is 5.52. The minimum absolute atomic E-state index is 0.0560. The third-order valence-electron chi connectivity index (χ3n) is 13.2. The maximum absolute atomic E-state index is 14.6. The van der Waals surface area contributed by atoms with Gasteiger partial charge in [0.1, 0.15) is 6.07 Å². The average Bonchev–Trinajstić information content (AvgIpc) is 3.32. The lowest BCUT2D eigenvalue weighted by Gasteiger charge is -2.69. The van der Waals surface area contributed by atoms with Crippen molar-refractivity contribution in [2.45, 2.75) is 99.3 Å². The van der Waals surface area contributed by atoms with E-state index in [1.165, 1.54) is 0 Å². The Morgan fingerprint density at radius 3 is 2.38 bits per heavy atom. The number of aryl methyl sites for hydroxylation is 1. The summed E-state index contributed by atoms with van der Waals surface area (Å²) in [6, 6.07) is 2.20. The summed E-state index contributed by atoms with van der Waals surface area (Å²) in [5.74, 6) is 2.46. The Labute approximate surface area is 232 Å². The Kier molecular flexibility index (Phi) is 5.48. The number of hydrogen-bond donors (Lipinski definition) is 0. The third kappa shape index (κ3) is 3.08. The lowest BCUT2D eigenvalue weighted by atomic mass is 9.34. The molecular weight excluding hydrogens is 486 g/mol. The number of nitrogens with zero attached hydrogens (tertiary/aromatic N) is 3. The third-order valence-corrected chi connectivity index (χ3v) is 13.2. The van der Waals surface area contributed by atoms with Gasteiger partial charge in [0.2, 0.25) is 5.89 Å². The fourth-order valence-electron chi connectivity index (χ4n) is 10.7. The van der Waals surface area contributed by atoms with Gasteiger partial charge in [0.05, 0.1) is 5.57 Å². The first-order chi connectivity index (χ1) is 18.2. The fourth-order valence-corrected chi connectivity index (χ4v) is 10.7. The molecule has 3 fully saturated rings. The number of hydrogen-bond acceptors (Lipinski definition) is 6. The number of Topliss-reactive ketones (excluding diaryl/α,β-unsaturated/α-hetero) is 1. The van der Waals surface area contributed by atoms with Crippen LogP contribution in [0.3, 0.4) is 0 Å². The minimum atomic E-state index is -0.650. The molecule has 3 saturated carbocycles. The molecule has 208 valence electrons. The zero-order valence-electron chi connectivity index (χ0n) is 24.9. The van der Waals surface area contributed by atoms with Crippen molar-refractivity contribution < 1.29 is 14.1 Å². The van der Waals surface area contributed by atoms with Crippen LogP contribution in [0.2, 0.25) is 0 Å². The van der Waals surface area contributed by atoms with E-state index in [0.717, 1.165) is 49.9 Å². The maximum atomic E-state index is 14.6. The van der Waals surface area contributed by atoms with Crippen molar-refractivity contribution in [2.24, 2.45) is 51.2 Å². The van der Waals surface area contributed by atoms with Crippen molar-refractivity contribution >= 4 is 11.6 Å². The van der Waals surface area contributed by atoms with Crippen molar-refractivity contribution in [3.05, 3.63) is 35.0 Å². The van der Waals surface area contributed by atoms with Gasteiger partial charge in [0.15, 0.2) is 17.4 Å². The number of allylic oxidation sites excluding steroid dienone is 4. The van der Waals surface area contributed by atoms with E-state index in [4.69, 9.17) is 9.51 Å². The van der Waals surface area contributed by atoms with E-state index in [0.29, 0.717) is 17.7 Å². The van der Waals surface area contributed by atoms with E-state index in [1.54, 1.807) is 0 Å². The van der Waals surface area contributed by atoms with Gasteiger partial charge in [0.25, 0.3) is 0 Å². The number of aromatic nitrogens is 2. The van der Waals surface area contributed by atoms with E-state index in [9.17, 15) is 14.9 Å². The molecule has 0 aromatic carbocycles. The van der Waals surface area contributed by atoms with Gasteiger partial charge in [-0.25, -0.2) is 0 Å². The average molecular weight is 530 g/mol. The summed E-state index contributed by atoms with van der Waals surface area (Å²) >= 11 is 0. The fraction of sp³-hybridized carbons (Fsp3) is 0.727. The van der Waals surface area contributed by atoms with Crippen molar-refractivity contribution in [1.82, 2.24) is 10.1 Å². The summed E-state index contributed by atoms with van der Waals surface area (Å²) in [7, 11) is 0. The standard InChI is InChI=1S/C33H43N3O3/c1-18-9-12-33(28-35-20(3)39-36-28)14-13-32(8)26(25(33)19(18)2)22(37)15-24-30(6)16-21(17-34)27(38)29(4,5)23(30)10-11-31(24,32)7/h15-16,18-19,23,25-26H,9-14H2,1-8H3/t18-,19+,23+,25+,26-,30+,31-,32-,33+/m1/s1. The molecule has 9 atom stereocenters. The van der Waals surface area contributed by atoms with Gasteiger partial charge >= 0.3 is 0 Å². The molecule has 39 heavy (non-hydrogen) atoms. The lowest BCUT2D eigenvalue weighted by molar-refractivity contribution is -0.164. The summed E-state index contributed by atoms with van der Waals surface area (Å²) in [6.45, 7) is 17.4. The van der Waals surface area contributed by atoms with Gasteiger partial charge < -0.3 is 4.52 Å². The Bertz CT molecular complexity index is 1380. The summed E-state index contributed by atoms with van der Waals surface area (Å²) in [6.07, 6.45) is 9.69. The van der Waals surface area contributed by atoms with E-state index >= 15 is 0 Å². The highest BCUT2D eigenvalue weighted by Gasteiger charge is 2.71. The van der Waals surface area contributed by atoms with Crippen LogP contribution in [0.15, 0.2) is 27.8 Å². The van der Waals surface area contributed by atoms with Gasteiger partial charge in [-0.3, -0.25) is 9.59 Å². The van der Waals surface area contributed by atoms with Crippen LogP contribution in [0.1, 0.15) is 98.7 Å².